The lowest BCUT2D eigenvalue weighted by atomic mass is 9.81. The van der Waals surface area contributed by atoms with E-state index in [1.165, 1.54) is 19.2 Å². The van der Waals surface area contributed by atoms with Crippen LogP contribution in [0.3, 0.4) is 0 Å². The molecular formula is C15H25NO4S2. The summed E-state index contributed by atoms with van der Waals surface area (Å²) in [4.78, 5) is 1.02. The van der Waals surface area contributed by atoms with Gasteiger partial charge in [-0.05, 0) is 35.6 Å². The second-order valence-electron chi connectivity index (χ2n) is 5.55. The van der Waals surface area contributed by atoms with Gasteiger partial charge in [-0.2, -0.15) is 8.42 Å². The average Bonchev–Trinajstić information content (AvgIpc) is 2.48. The van der Waals surface area contributed by atoms with Crippen molar-refractivity contribution in [2.45, 2.75) is 37.5 Å². The maximum Gasteiger partial charge on any atom is 0.268 e. The largest absolute Gasteiger partial charge is 0.384 e. The van der Waals surface area contributed by atoms with Crippen LogP contribution in [0, 0.1) is 0 Å². The Hall–Kier alpha value is -0.760. The van der Waals surface area contributed by atoms with E-state index in [1.807, 2.05) is 12.1 Å². The molecule has 0 heterocycles. The summed E-state index contributed by atoms with van der Waals surface area (Å²) in [5.41, 5.74) is 2.07. The lowest BCUT2D eigenvalue weighted by molar-refractivity contribution is 0.398. The normalized spacial score (nSPS) is 12.4. The minimum atomic E-state index is -3.45. The van der Waals surface area contributed by atoms with Crippen molar-refractivity contribution in [3.63, 3.8) is 0 Å². The molecular weight excluding hydrogens is 322 g/mol. The lowest BCUT2D eigenvalue weighted by Crippen LogP contribution is -2.21. The van der Waals surface area contributed by atoms with Crippen molar-refractivity contribution in [1.82, 2.24) is 0 Å². The molecule has 1 N–H and O–H groups in total. The molecule has 1 aromatic rings. The molecule has 0 spiro atoms. The van der Waals surface area contributed by atoms with E-state index in [4.69, 9.17) is 4.18 Å². The Kier molecular flexibility index (Phi) is 7.18. The Morgan fingerprint density at radius 1 is 1.27 bits per heavy atom. The zero-order chi connectivity index (χ0) is 16.8. The number of hydrogen-bond acceptors (Lipinski definition) is 6. The first kappa shape index (κ1) is 19.3. The third-order valence-electron chi connectivity index (χ3n) is 3.71. The maximum absolute atomic E-state index is 11.4. The molecule has 1 rings (SSSR count). The van der Waals surface area contributed by atoms with Gasteiger partial charge >= 0.3 is 0 Å². The van der Waals surface area contributed by atoms with E-state index in [2.05, 4.69) is 36.3 Å². The molecule has 0 bridgehead atoms. The van der Waals surface area contributed by atoms with Gasteiger partial charge in [0.1, 0.15) is 0 Å². The van der Waals surface area contributed by atoms with Gasteiger partial charge in [-0.25, -0.2) is 0 Å². The minimum Gasteiger partial charge on any atom is -0.384 e. The van der Waals surface area contributed by atoms with E-state index in [9.17, 15) is 8.42 Å². The van der Waals surface area contributed by atoms with Crippen molar-refractivity contribution >= 4 is 27.8 Å². The fraction of sp³-hybridized carbons (Fsp3) is 0.600. The number of nitrogens with one attached hydrogen (secondary N) is 1. The van der Waals surface area contributed by atoms with Crippen molar-refractivity contribution in [1.29, 1.82) is 0 Å². The summed E-state index contributed by atoms with van der Waals surface area (Å²) in [5, 5.41) is 3.20. The van der Waals surface area contributed by atoms with Crippen molar-refractivity contribution in [3.05, 3.63) is 23.8 Å². The molecule has 0 aliphatic heterocycles. The summed E-state index contributed by atoms with van der Waals surface area (Å²) in [6.45, 7) is 6.77. The number of benzene rings is 1. The maximum atomic E-state index is 11.4. The van der Waals surface area contributed by atoms with E-state index in [-0.39, 0.29) is 11.2 Å². The smallest absolute Gasteiger partial charge is 0.268 e. The standard InChI is InChI=1S/C15H25NO4S2/c1-6-15(2,3)13-11-12(21-19-4)7-8-14(13)16-9-10-22(17,18)20-5/h7-8,11,16H,6,9-10H2,1-5H3. The van der Waals surface area contributed by atoms with Gasteiger partial charge in [0.2, 0.25) is 0 Å². The van der Waals surface area contributed by atoms with Gasteiger partial charge in [0.05, 0.1) is 20.0 Å². The fourth-order valence-corrected chi connectivity index (χ4v) is 2.97. The number of hydrogen-bond donors (Lipinski definition) is 1. The van der Waals surface area contributed by atoms with Gasteiger partial charge < -0.3 is 9.50 Å². The monoisotopic (exact) mass is 347 g/mol. The molecule has 0 amide bonds. The Labute approximate surface area is 138 Å². The SMILES string of the molecule is CCC(C)(C)c1cc(SOC)ccc1NCCS(=O)(=O)OC. The molecule has 0 aliphatic rings. The fourth-order valence-electron chi connectivity index (χ4n) is 1.97. The predicted octanol–water partition coefficient (Wildman–Crippen LogP) is 3.42. The highest BCUT2D eigenvalue weighted by Gasteiger charge is 2.22. The first-order valence-corrected chi connectivity index (χ1v) is 9.45. The number of rotatable bonds is 9. The first-order valence-electron chi connectivity index (χ1n) is 7.13. The third kappa shape index (κ3) is 5.46. The second-order valence-corrected chi connectivity index (χ2v) is 8.38. The van der Waals surface area contributed by atoms with Gasteiger partial charge in [-0.15, -0.1) is 0 Å². The highest BCUT2D eigenvalue weighted by atomic mass is 32.2. The summed E-state index contributed by atoms with van der Waals surface area (Å²) >= 11 is 1.31. The molecule has 0 aliphatic carbocycles. The Bertz CT molecular complexity index is 585. The molecule has 126 valence electrons. The van der Waals surface area contributed by atoms with Crippen molar-refractivity contribution in [2.24, 2.45) is 0 Å². The van der Waals surface area contributed by atoms with Crippen molar-refractivity contribution in [3.8, 4) is 0 Å². The molecule has 0 fully saturated rings. The van der Waals surface area contributed by atoms with Crippen LogP contribution in [-0.2, 0) is 23.9 Å². The van der Waals surface area contributed by atoms with Crippen LogP contribution in [0.25, 0.3) is 0 Å². The van der Waals surface area contributed by atoms with E-state index in [1.54, 1.807) is 7.11 Å². The summed E-state index contributed by atoms with van der Waals surface area (Å²) in [7, 11) is -0.633. The molecule has 0 radical (unpaired) electrons. The van der Waals surface area contributed by atoms with Crippen LogP contribution >= 0.6 is 12.0 Å². The van der Waals surface area contributed by atoms with Gasteiger partial charge in [0, 0.05) is 29.2 Å². The van der Waals surface area contributed by atoms with Gasteiger partial charge in [0.15, 0.2) is 0 Å². The second kappa shape index (κ2) is 8.19. The molecule has 0 unspecified atom stereocenters. The first-order chi connectivity index (χ1) is 10.3. The van der Waals surface area contributed by atoms with Crippen LogP contribution in [0.15, 0.2) is 23.1 Å². The quantitative estimate of drug-likeness (QED) is 0.545. The highest BCUT2D eigenvalue weighted by molar-refractivity contribution is 7.94. The Balaban J connectivity index is 2.98. The third-order valence-corrected chi connectivity index (χ3v) is 5.53. The molecule has 7 heteroatoms. The Morgan fingerprint density at radius 2 is 1.95 bits per heavy atom. The molecule has 5 nitrogen and oxygen atoms in total. The van der Waals surface area contributed by atoms with Gasteiger partial charge in [0.25, 0.3) is 10.1 Å². The van der Waals surface area contributed by atoms with Crippen molar-refractivity contribution in [2.75, 3.05) is 31.8 Å². The molecule has 0 saturated carbocycles. The predicted molar refractivity (Wildman–Crippen MR) is 91.9 cm³/mol. The van der Waals surface area contributed by atoms with Gasteiger partial charge in [-0.3, -0.25) is 4.18 Å². The zero-order valence-electron chi connectivity index (χ0n) is 13.8. The Morgan fingerprint density at radius 3 is 2.50 bits per heavy atom. The minimum absolute atomic E-state index is 0.0211. The average molecular weight is 348 g/mol. The molecule has 0 aromatic heterocycles. The van der Waals surface area contributed by atoms with E-state index >= 15 is 0 Å². The highest BCUT2D eigenvalue weighted by Crippen LogP contribution is 2.35. The summed E-state index contributed by atoms with van der Waals surface area (Å²) < 4.78 is 32.3. The van der Waals surface area contributed by atoms with Crippen LogP contribution in [0.4, 0.5) is 5.69 Å². The molecule has 1 aromatic carbocycles. The van der Waals surface area contributed by atoms with Crippen molar-refractivity contribution < 1.29 is 16.8 Å². The lowest BCUT2D eigenvalue weighted by Gasteiger charge is -2.27. The van der Waals surface area contributed by atoms with Crippen LogP contribution in [-0.4, -0.2) is 34.9 Å². The molecule has 0 saturated heterocycles. The zero-order valence-corrected chi connectivity index (χ0v) is 15.4. The summed E-state index contributed by atoms with van der Waals surface area (Å²) in [6, 6.07) is 6.01. The summed E-state index contributed by atoms with van der Waals surface area (Å²) in [5.74, 6) is -0.0654. The van der Waals surface area contributed by atoms with Crippen LogP contribution in [0.1, 0.15) is 32.8 Å². The topological polar surface area (TPSA) is 64.6 Å². The van der Waals surface area contributed by atoms with E-state index < -0.39 is 10.1 Å². The van der Waals surface area contributed by atoms with Crippen LogP contribution < -0.4 is 5.32 Å². The van der Waals surface area contributed by atoms with Crippen LogP contribution in [0.2, 0.25) is 0 Å². The van der Waals surface area contributed by atoms with E-state index in [0.717, 1.165) is 22.6 Å². The van der Waals surface area contributed by atoms with Gasteiger partial charge in [-0.1, -0.05) is 20.8 Å². The molecule has 0 atom stereocenters. The number of anilines is 1. The molecule has 22 heavy (non-hydrogen) atoms. The summed E-state index contributed by atoms with van der Waals surface area (Å²) in [6.07, 6.45) is 0.971. The van der Waals surface area contributed by atoms with Crippen LogP contribution in [0.5, 0.6) is 0 Å². The van der Waals surface area contributed by atoms with E-state index in [0.29, 0.717) is 6.54 Å².